The molecule has 0 spiro atoms. The Morgan fingerprint density at radius 1 is 0.868 bits per heavy atom. The van der Waals surface area contributed by atoms with Crippen molar-refractivity contribution < 1.29 is 188 Å². The zero-order chi connectivity index (χ0) is 21.9. The molecule has 38 heavy (non-hydrogen) atoms. The number of aliphatic imine (C=N–C) groups is 1. The van der Waals surface area contributed by atoms with Gasteiger partial charge < -0.3 is 19.4 Å². The number of ether oxygens (including phenoxy) is 1. The second-order valence-electron chi connectivity index (χ2n) is 9.33. The van der Waals surface area contributed by atoms with Crippen LogP contribution in [0, 0.1) is 0 Å². The van der Waals surface area contributed by atoms with E-state index in [-0.39, 0.29) is 199 Å². The molecule has 1 N–H and O–H groups in total. The summed E-state index contributed by atoms with van der Waals surface area (Å²) in [7, 11) is -2.05. The Morgan fingerprint density at radius 2 is 1.29 bits per heavy atom. The predicted molar refractivity (Wildman–Crippen MR) is 121 cm³/mol. The van der Waals surface area contributed by atoms with E-state index >= 15 is 0 Å². The average molecular weight is 1900 g/mol. The molecular weight excluding hydrogens is 1870 g/mol. The molecule has 0 saturated heterocycles. The average Bonchev–Trinajstić information content (AvgIpc) is 3.02. The van der Waals surface area contributed by atoms with Crippen LogP contribution in [-0.2, 0) is 178 Å². The van der Waals surface area contributed by atoms with Gasteiger partial charge in [-0.2, -0.15) is 0 Å². The topological polar surface area (TPSA) is 74.1 Å². The standard InChI is InChI=1S/C24H33NO4Si.8W/c1-24(2,3)30(4,5)29-17(15-26)14-25-23(27)28-16-22-20-12-8-6-10-18(20)19-11-7-9-13-21(19)22;;;;;;;;/h6-13,17,22,26H,14-16H2,1-5H3,(H,25,27);;;;;;;;/p-1. The van der Waals surface area contributed by atoms with Gasteiger partial charge in [-0.1, -0.05) is 69.3 Å². The van der Waals surface area contributed by atoms with Gasteiger partial charge in [-0.15, -0.1) is 0 Å². The van der Waals surface area contributed by atoms with Gasteiger partial charge in [-0.3, -0.25) is 4.99 Å². The van der Waals surface area contributed by atoms with E-state index in [4.69, 9.17) is 9.16 Å². The first kappa shape index (κ1) is 53.9. The number of hydrogen-bond donors (Lipinski definition) is 1. The normalized spacial score (nSPS) is 12.3. The van der Waals surface area contributed by atoms with Crippen molar-refractivity contribution in [2.75, 3.05) is 19.8 Å². The van der Waals surface area contributed by atoms with Crippen molar-refractivity contribution in [2.45, 2.75) is 50.9 Å². The number of nitrogens with zero attached hydrogens (tertiary/aromatic N) is 1. The Bertz CT molecular complexity index is 887. The van der Waals surface area contributed by atoms with E-state index in [1.807, 2.05) is 24.3 Å². The van der Waals surface area contributed by atoms with Crippen LogP contribution in [0.2, 0.25) is 18.1 Å². The van der Waals surface area contributed by atoms with Crippen LogP contribution in [0.3, 0.4) is 0 Å². The molecule has 1 aliphatic carbocycles. The summed E-state index contributed by atoms with van der Waals surface area (Å²) < 4.78 is 11.7. The van der Waals surface area contributed by atoms with Crippen molar-refractivity contribution in [2.24, 2.45) is 4.99 Å². The minimum atomic E-state index is -2.05. The van der Waals surface area contributed by atoms with Gasteiger partial charge >= 0.3 is 0 Å². The summed E-state index contributed by atoms with van der Waals surface area (Å²) >= 11 is 0. The number of aliphatic hydroxyl groups excluding tert-OH is 1. The molecule has 0 bridgehead atoms. The van der Waals surface area contributed by atoms with Crippen molar-refractivity contribution in [3.05, 3.63) is 59.7 Å². The van der Waals surface area contributed by atoms with Crippen LogP contribution in [0.25, 0.3) is 11.1 Å². The van der Waals surface area contributed by atoms with Crippen LogP contribution >= 0.6 is 0 Å². The third-order valence-corrected chi connectivity index (χ3v) is 10.8. The first-order chi connectivity index (χ1) is 14.1. The minimum Gasteiger partial charge on any atom is -0.599 e. The van der Waals surface area contributed by atoms with Crippen LogP contribution in [0.4, 0.5) is 0 Å². The van der Waals surface area contributed by atoms with Crippen molar-refractivity contribution in [1.82, 2.24) is 0 Å². The SMILES string of the molecule is CC(C)(C)[Si](C)(C)OC(CO)CN=C([O-])OCC1c2ccccc2-c2ccccc21.[W].[W].[W].[W].[W].[W].[W].[W]. The molecule has 3 rings (SSSR count). The van der Waals surface area contributed by atoms with E-state index in [1.165, 1.54) is 22.3 Å². The third kappa shape index (κ3) is 14.4. The van der Waals surface area contributed by atoms with Gasteiger partial charge in [0, 0.05) is 181 Å². The van der Waals surface area contributed by atoms with Crippen molar-refractivity contribution in [1.29, 1.82) is 0 Å². The van der Waals surface area contributed by atoms with Gasteiger partial charge in [0.15, 0.2) is 8.32 Å². The summed E-state index contributed by atoms with van der Waals surface area (Å²) in [6.07, 6.45) is -1.11. The summed E-state index contributed by atoms with van der Waals surface area (Å²) in [6.45, 7) is 10.8. The van der Waals surface area contributed by atoms with Crippen molar-refractivity contribution in [3.63, 3.8) is 0 Å². The summed E-state index contributed by atoms with van der Waals surface area (Å²) in [6, 6.07) is 16.4. The molecule has 0 aromatic heterocycles. The summed E-state index contributed by atoms with van der Waals surface area (Å²) in [5.41, 5.74) is 4.71. The molecule has 1 aliphatic rings. The Labute approximate surface area is 343 Å². The molecule has 1 atom stereocenters. The van der Waals surface area contributed by atoms with Crippen LogP contribution in [0.1, 0.15) is 37.8 Å². The predicted octanol–water partition coefficient (Wildman–Crippen LogP) is 3.89. The van der Waals surface area contributed by atoms with Crippen LogP contribution in [0.15, 0.2) is 53.5 Å². The smallest absolute Gasteiger partial charge is 0.192 e. The summed E-state index contributed by atoms with van der Waals surface area (Å²) in [5, 5.41) is 22.0. The van der Waals surface area contributed by atoms with Crippen molar-refractivity contribution >= 4 is 14.4 Å². The molecule has 5 nitrogen and oxygen atoms in total. The third-order valence-electron chi connectivity index (χ3n) is 6.23. The van der Waals surface area contributed by atoms with E-state index in [0.717, 1.165) is 0 Å². The van der Waals surface area contributed by atoms with E-state index < -0.39 is 20.5 Å². The largest absolute Gasteiger partial charge is 0.599 e. The van der Waals surface area contributed by atoms with E-state index in [1.54, 1.807) is 0 Å². The second-order valence-corrected chi connectivity index (χ2v) is 14.1. The first-order valence-electron chi connectivity index (χ1n) is 10.4. The molecule has 2 aromatic rings. The molecule has 0 aliphatic heterocycles. The van der Waals surface area contributed by atoms with Crippen molar-refractivity contribution in [3.8, 4) is 11.1 Å². The van der Waals surface area contributed by atoms with E-state index in [9.17, 15) is 10.2 Å². The van der Waals surface area contributed by atoms with Crippen LogP contribution in [0.5, 0.6) is 0 Å². The fraction of sp³-hybridized carbons (Fsp3) is 0.458. The van der Waals surface area contributed by atoms with Gasteiger partial charge in [0.05, 0.1) is 19.3 Å². The zero-order valence-corrected chi connectivity index (χ0v) is 46.2. The second kappa shape index (κ2) is 24.6. The number of rotatable bonds is 7. The molecule has 2 aromatic carbocycles. The maximum Gasteiger partial charge on any atom is 0.192 e. The molecule has 0 radical (unpaired) electrons. The molecule has 0 amide bonds. The van der Waals surface area contributed by atoms with E-state index in [0.29, 0.717) is 0 Å². The van der Waals surface area contributed by atoms with Crippen LogP contribution in [-0.4, -0.2) is 45.4 Å². The molecule has 14 heteroatoms. The summed E-state index contributed by atoms with van der Waals surface area (Å²) in [5.74, 6) is 0.00803. The fourth-order valence-electron chi connectivity index (χ4n) is 3.54. The molecule has 0 fully saturated rings. The molecule has 1 unspecified atom stereocenters. The Kier molecular flexibility index (Phi) is 34.9. The van der Waals surface area contributed by atoms with Gasteiger partial charge in [0.25, 0.3) is 0 Å². The molecule has 210 valence electrons. The molecule has 0 heterocycles. The number of hydrogen-bond acceptors (Lipinski definition) is 5. The van der Waals surface area contributed by atoms with E-state index in [2.05, 4.69) is 63.1 Å². The molecule has 0 saturated carbocycles. The zero-order valence-electron chi connectivity index (χ0n) is 21.8. The van der Waals surface area contributed by atoms with Gasteiger partial charge in [-0.25, -0.2) is 0 Å². The van der Waals surface area contributed by atoms with Gasteiger partial charge in [-0.05, 0) is 40.4 Å². The minimum absolute atomic E-state index is 0. The van der Waals surface area contributed by atoms with Crippen LogP contribution < -0.4 is 5.11 Å². The molecular formula is C24H32NO4SiW8-. The Balaban J connectivity index is -0.000000320. The monoisotopic (exact) mass is 1900 g/mol. The Hall–Kier alpha value is 3.35. The van der Waals surface area contributed by atoms with Gasteiger partial charge in [0.1, 0.15) is 6.08 Å². The number of fused-ring (bicyclic) bond motifs is 3. The maximum absolute atomic E-state index is 12.3. The maximum atomic E-state index is 12.3. The Morgan fingerprint density at radius 3 is 1.68 bits per heavy atom. The fourth-order valence-corrected chi connectivity index (χ4v) is 4.88. The number of aliphatic hydroxyl groups is 1. The van der Waals surface area contributed by atoms with Gasteiger partial charge in [0.2, 0.25) is 0 Å². The quantitative estimate of drug-likeness (QED) is 0.260. The summed E-state index contributed by atoms with van der Waals surface area (Å²) in [4.78, 5) is 4.01. The number of benzene rings is 2. The first-order valence-corrected chi connectivity index (χ1v) is 13.4.